The van der Waals surface area contributed by atoms with E-state index in [9.17, 15) is 0 Å². The Hall–Kier alpha value is 0.230. The first-order valence-electron chi connectivity index (χ1n) is 5.89. The number of nitrogens with two attached hydrogens (primary N) is 1. The molecule has 2 saturated heterocycles. The number of morpholine rings is 1. The summed E-state index contributed by atoms with van der Waals surface area (Å²) >= 11 is 2.09. The van der Waals surface area contributed by atoms with Gasteiger partial charge < -0.3 is 10.5 Å². The summed E-state index contributed by atoms with van der Waals surface area (Å²) in [7, 11) is 0. The van der Waals surface area contributed by atoms with Gasteiger partial charge in [-0.15, -0.1) is 0 Å². The molecule has 2 aliphatic heterocycles. The first-order chi connectivity index (χ1) is 7.16. The van der Waals surface area contributed by atoms with Crippen LogP contribution in [0.25, 0.3) is 0 Å². The van der Waals surface area contributed by atoms with E-state index in [0.717, 1.165) is 31.0 Å². The maximum atomic E-state index is 5.90. The van der Waals surface area contributed by atoms with Gasteiger partial charge in [0.2, 0.25) is 0 Å². The van der Waals surface area contributed by atoms with E-state index in [1.807, 2.05) is 6.92 Å². The Labute approximate surface area is 96.7 Å². The van der Waals surface area contributed by atoms with Crippen molar-refractivity contribution in [3.05, 3.63) is 0 Å². The van der Waals surface area contributed by atoms with Crippen molar-refractivity contribution in [2.75, 3.05) is 25.4 Å². The second-order valence-electron chi connectivity index (χ2n) is 4.80. The Kier molecular flexibility index (Phi) is 3.93. The molecule has 0 aromatic heterocycles. The smallest absolute Gasteiger partial charge is 0.0850 e. The summed E-state index contributed by atoms with van der Waals surface area (Å²) < 4.78 is 5.68. The Morgan fingerprint density at radius 3 is 2.93 bits per heavy atom. The minimum Gasteiger partial charge on any atom is -0.374 e. The van der Waals surface area contributed by atoms with Crippen molar-refractivity contribution in [3.8, 4) is 0 Å². The van der Waals surface area contributed by atoms with Crippen molar-refractivity contribution in [3.63, 3.8) is 0 Å². The molecule has 2 aliphatic rings. The first-order valence-corrected chi connectivity index (χ1v) is 6.94. The minimum absolute atomic E-state index is 0.152. The highest BCUT2D eigenvalue weighted by molar-refractivity contribution is 8.00. The van der Waals surface area contributed by atoms with E-state index >= 15 is 0 Å². The van der Waals surface area contributed by atoms with Gasteiger partial charge in [0, 0.05) is 36.2 Å². The van der Waals surface area contributed by atoms with Crippen LogP contribution >= 0.6 is 11.8 Å². The predicted molar refractivity (Wildman–Crippen MR) is 65.3 cm³/mol. The predicted octanol–water partition coefficient (Wildman–Crippen LogP) is 0.928. The lowest BCUT2D eigenvalue weighted by molar-refractivity contribution is -0.0487. The Morgan fingerprint density at radius 2 is 2.33 bits per heavy atom. The van der Waals surface area contributed by atoms with Gasteiger partial charge in [0.15, 0.2) is 0 Å². The lowest BCUT2D eigenvalue weighted by Crippen LogP contribution is -2.52. The monoisotopic (exact) mass is 230 g/mol. The summed E-state index contributed by atoms with van der Waals surface area (Å²) in [5, 5.41) is 0.826. The fourth-order valence-electron chi connectivity index (χ4n) is 2.40. The Morgan fingerprint density at radius 1 is 1.53 bits per heavy atom. The molecule has 3 nitrogen and oxygen atoms in total. The van der Waals surface area contributed by atoms with E-state index in [-0.39, 0.29) is 12.1 Å². The lowest BCUT2D eigenvalue weighted by Gasteiger charge is -2.38. The molecule has 4 heteroatoms. The molecule has 0 saturated carbocycles. The van der Waals surface area contributed by atoms with Crippen molar-refractivity contribution in [2.24, 2.45) is 5.73 Å². The molecule has 2 heterocycles. The van der Waals surface area contributed by atoms with Crippen LogP contribution in [0.2, 0.25) is 0 Å². The van der Waals surface area contributed by atoms with Crippen molar-refractivity contribution in [1.29, 1.82) is 0 Å². The molecule has 15 heavy (non-hydrogen) atoms. The van der Waals surface area contributed by atoms with Crippen LogP contribution in [0.3, 0.4) is 0 Å². The number of rotatable bonds is 2. The third-order valence-corrected chi connectivity index (χ3v) is 4.74. The van der Waals surface area contributed by atoms with Crippen LogP contribution in [0.1, 0.15) is 20.3 Å². The van der Waals surface area contributed by atoms with Crippen LogP contribution < -0.4 is 5.73 Å². The summed E-state index contributed by atoms with van der Waals surface area (Å²) in [6, 6.07) is 0.912. The highest BCUT2D eigenvalue weighted by atomic mass is 32.2. The average Bonchev–Trinajstić information content (AvgIpc) is 2.65. The van der Waals surface area contributed by atoms with E-state index in [2.05, 4.69) is 23.6 Å². The molecule has 88 valence electrons. The first kappa shape index (κ1) is 11.7. The van der Waals surface area contributed by atoms with E-state index < -0.39 is 0 Å². The number of ether oxygens (including phenoxy) is 1. The molecule has 0 spiro atoms. The van der Waals surface area contributed by atoms with E-state index in [4.69, 9.17) is 10.5 Å². The van der Waals surface area contributed by atoms with Crippen LogP contribution in [0.5, 0.6) is 0 Å². The quantitative estimate of drug-likeness (QED) is 0.766. The van der Waals surface area contributed by atoms with Gasteiger partial charge in [-0.05, 0) is 13.3 Å². The minimum atomic E-state index is 0.152. The zero-order valence-corrected chi connectivity index (χ0v) is 10.5. The molecule has 4 unspecified atom stereocenters. The molecule has 4 atom stereocenters. The van der Waals surface area contributed by atoms with Crippen LogP contribution in [-0.4, -0.2) is 53.8 Å². The summed E-state index contributed by atoms with van der Waals surface area (Å²) in [6.45, 7) is 7.33. The molecular weight excluding hydrogens is 208 g/mol. The zero-order valence-electron chi connectivity index (χ0n) is 9.69. The number of hydrogen-bond donors (Lipinski definition) is 1. The molecule has 2 N–H and O–H groups in total. The second-order valence-corrected chi connectivity index (χ2v) is 6.27. The molecular formula is C11H22N2OS. The molecule has 0 aromatic carbocycles. The van der Waals surface area contributed by atoms with Gasteiger partial charge >= 0.3 is 0 Å². The van der Waals surface area contributed by atoms with Gasteiger partial charge in [0.25, 0.3) is 0 Å². The van der Waals surface area contributed by atoms with Crippen LogP contribution in [-0.2, 0) is 4.74 Å². The largest absolute Gasteiger partial charge is 0.374 e. The number of hydrogen-bond acceptors (Lipinski definition) is 4. The van der Waals surface area contributed by atoms with Crippen molar-refractivity contribution < 1.29 is 4.74 Å². The average molecular weight is 230 g/mol. The van der Waals surface area contributed by atoms with Gasteiger partial charge in [-0.25, -0.2) is 0 Å². The standard InChI is InChI=1S/C11H22N2OS/c1-8-5-10(7-15-8)13-3-4-14-11(6-13)9(2)12/h8-11H,3-7,12H2,1-2H3. The molecule has 0 amide bonds. The Balaban J connectivity index is 1.87. The molecule has 0 bridgehead atoms. The van der Waals surface area contributed by atoms with Gasteiger partial charge in [0.1, 0.15) is 0 Å². The maximum absolute atomic E-state index is 5.90. The highest BCUT2D eigenvalue weighted by Crippen LogP contribution is 2.30. The zero-order chi connectivity index (χ0) is 10.8. The van der Waals surface area contributed by atoms with Crippen LogP contribution in [0, 0.1) is 0 Å². The number of thioether (sulfide) groups is 1. The van der Waals surface area contributed by atoms with Crippen molar-refractivity contribution in [1.82, 2.24) is 4.90 Å². The summed E-state index contributed by atoms with van der Waals surface area (Å²) in [5.74, 6) is 1.28. The highest BCUT2D eigenvalue weighted by Gasteiger charge is 2.32. The fourth-order valence-corrected chi connectivity index (χ4v) is 3.65. The molecule has 0 radical (unpaired) electrons. The summed E-state index contributed by atoms with van der Waals surface area (Å²) in [5.41, 5.74) is 5.90. The second kappa shape index (κ2) is 5.04. The maximum Gasteiger partial charge on any atom is 0.0850 e. The van der Waals surface area contributed by atoms with Gasteiger partial charge in [-0.2, -0.15) is 11.8 Å². The molecule has 0 aromatic rings. The SMILES string of the molecule is CC1CC(N2CCOC(C(C)N)C2)CS1. The van der Waals surface area contributed by atoms with Gasteiger partial charge in [-0.3, -0.25) is 4.90 Å². The number of nitrogens with zero attached hydrogens (tertiary/aromatic N) is 1. The van der Waals surface area contributed by atoms with Crippen LogP contribution in [0.15, 0.2) is 0 Å². The van der Waals surface area contributed by atoms with E-state index in [1.165, 1.54) is 12.2 Å². The molecule has 2 rings (SSSR count). The molecule has 2 fully saturated rings. The molecule has 0 aliphatic carbocycles. The fraction of sp³-hybridized carbons (Fsp3) is 1.00. The third kappa shape index (κ3) is 2.87. The third-order valence-electron chi connectivity index (χ3n) is 3.40. The van der Waals surface area contributed by atoms with Crippen LogP contribution in [0.4, 0.5) is 0 Å². The lowest BCUT2D eigenvalue weighted by atomic mass is 10.1. The topological polar surface area (TPSA) is 38.5 Å². The Bertz CT molecular complexity index is 213. The normalized spacial score (nSPS) is 40.6. The van der Waals surface area contributed by atoms with Gasteiger partial charge in [0.05, 0.1) is 12.7 Å². The van der Waals surface area contributed by atoms with E-state index in [1.54, 1.807) is 0 Å². The van der Waals surface area contributed by atoms with Crippen molar-refractivity contribution >= 4 is 11.8 Å². The van der Waals surface area contributed by atoms with E-state index in [0.29, 0.717) is 0 Å². The van der Waals surface area contributed by atoms with Gasteiger partial charge in [-0.1, -0.05) is 6.92 Å². The summed E-state index contributed by atoms with van der Waals surface area (Å²) in [4.78, 5) is 2.58. The summed E-state index contributed by atoms with van der Waals surface area (Å²) in [6.07, 6.45) is 1.57. The van der Waals surface area contributed by atoms with Crippen molar-refractivity contribution in [2.45, 2.75) is 43.7 Å².